The molecule has 1 aliphatic heterocycles. The van der Waals surface area contributed by atoms with Crippen LogP contribution in [0, 0.1) is 5.92 Å². The van der Waals surface area contributed by atoms with Crippen LogP contribution in [0.25, 0.3) is 0 Å². The van der Waals surface area contributed by atoms with Crippen LogP contribution in [0.15, 0.2) is 43.0 Å². The Bertz CT molecular complexity index is 658. The van der Waals surface area contributed by atoms with Gasteiger partial charge < -0.3 is 21.5 Å². The lowest BCUT2D eigenvalue weighted by Crippen LogP contribution is -2.60. The Morgan fingerprint density at radius 2 is 2.14 bits per heavy atom. The first kappa shape index (κ1) is 22.0. The molecule has 4 unspecified atom stereocenters. The quantitative estimate of drug-likeness (QED) is 0.330. The molecule has 8 heteroatoms. The topological polar surface area (TPSA) is 108 Å². The van der Waals surface area contributed by atoms with Gasteiger partial charge in [0.2, 0.25) is 11.8 Å². The van der Waals surface area contributed by atoms with E-state index in [0.717, 1.165) is 11.6 Å². The molecular formula is C20H29FN4O3. The molecule has 1 saturated heterocycles. The summed E-state index contributed by atoms with van der Waals surface area (Å²) in [6.07, 6.45) is -0.807. The molecule has 2 amide bonds. The summed E-state index contributed by atoms with van der Waals surface area (Å²) in [4.78, 5) is 25.9. The molecule has 28 heavy (non-hydrogen) atoms. The number of rotatable bonds is 10. The molecule has 0 saturated carbocycles. The Balaban J connectivity index is 1.95. The fourth-order valence-corrected chi connectivity index (χ4v) is 3.39. The maximum atomic E-state index is 13.4. The van der Waals surface area contributed by atoms with Gasteiger partial charge in [-0.25, -0.2) is 4.39 Å². The number of halogens is 1. The number of β-amino-alcohol motifs (C(OH)–C–C–N with tert-alkyl or cyclic N) is 1. The minimum Gasteiger partial charge on any atom is -0.392 e. The van der Waals surface area contributed by atoms with Crippen LogP contribution >= 0.6 is 0 Å². The van der Waals surface area contributed by atoms with Gasteiger partial charge in [-0.15, -0.1) is 0 Å². The SMILES string of the molecule is C=CC(F)NC(=O)C1CNCCN1CC(O)CC(Cc1ccccc1)C(N)=O. The van der Waals surface area contributed by atoms with Gasteiger partial charge in [0.1, 0.15) is 6.04 Å². The number of hydrogen-bond donors (Lipinski definition) is 4. The predicted molar refractivity (Wildman–Crippen MR) is 105 cm³/mol. The molecule has 4 atom stereocenters. The summed E-state index contributed by atoms with van der Waals surface area (Å²) in [6.45, 7) is 5.04. The average molecular weight is 392 g/mol. The zero-order chi connectivity index (χ0) is 20.5. The number of nitrogens with one attached hydrogen (secondary N) is 2. The lowest BCUT2D eigenvalue weighted by molar-refractivity contribution is -0.129. The Morgan fingerprint density at radius 3 is 2.79 bits per heavy atom. The van der Waals surface area contributed by atoms with Crippen molar-refractivity contribution < 1.29 is 19.1 Å². The maximum absolute atomic E-state index is 13.4. The first-order valence-electron chi connectivity index (χ1n) is 9.43. The highest BCUT2D eigenvalue weighted by atomic mass is 19.1. The summed E-state index contributed by atoms with van der Waals surface area (Å²) in [6, 6.07) is 8.87. The number of piperazine rings is 1. The zero-order valence-corrected chi connectivity index (χ0v) is 15.9. The van der Waals surface area contributed by atoms with Crippen LogP contribution in [-0.4, -0.2) is 66.4 Å². The third-order valence-corrected chi connectivity index (χ3v) is 4.87. The van der Waals surface area contributed by atoms with Gasteiger partial charge in [0, 0.05) is 32.1 Å². The Hall–Kier alpha value is -2.29. The van der Waals surface area contributed by atoms with Crippen LogP contribution in [0.1, 0.15) is 12.0 Å². The Morgan fingerprint density at radius 1 is 1.43 bits per heavy atom. The molecule has 0 aliphatic carbocycles. The summed E-state index contributed by atoms with van der Waals surface area (Å²) in [7, 11) is 0. The van der Waals surface area contributed by atoms with Crippen LogP contribution in [-0.2, 0) is 16.0 Å². The number of carbonyl (C=O) groups is 2. The van der Waals surface area contributed by atoms with Gasteiger partial charge in [0.05, 0.1) is 6.10 Å². The van der Waals surface area contributed by atoms with Gasteiger partial charge in [-0.3, -0.25) is 14.5 Å². The molecule has 0 spiro atoms. The van der Waals surface area contributed by atoms with Crippen LogP contribution in [0.4, 0.5) is 4.39 Å². The van der Waals surface area contributed by atoms with Crippen molar-refractivity contribution in [3.63, 3.8) is 0 Å². The predicted octanol–water partition coefficient (Wildman–Crippen LogP) is -0.0468. The van der Waals surface area contributed by atoms with E-state index in [-0.39, 0.29) is 13.0 Å². The van der Waals surface area contributed by atoms with Gasteiger partial charge in [0.15, 0.2) is 6.30 Å². The number of aliphatic hydroxyl groups is 1. The van der Waals surface area contributed by atoms with Gasteiger partial charge >= 0.3 is 0 Å². The second kappa shape index (κ2) is 10.9. The molecule has 0 bridgehead atoms. The number of benzene rings is 1. The number of nitrogens with zero attached hydrogens (tertiary/aromatic N) is 1. The summed E-state index contributed by atoms with van der Waals surface area (Å²) < 4.78 is 13.4. The van der Waals surface area contributed by atoms with Crippen LogP contribution in [0.2, 0.25) is 0 Å². The largest absolute Gasteiger partial charge is 0.392 e. The summed E-state index contributed by atoms with van der Waals surface area (Å²) in [5.74, 6) is -1.45. The normalized spacial score (nSPS) is 20.7. The van der Waals surface area contributed by atoms with Gasteiger partial charge in [-0.1, -0.05) is 36.9 Å². The van der Waals surface area contributed by atoms with Crippen molar-refractivity contribution in [2.45, 2.75) is 31.3 Å². The first-order chi connectivity index (χ1) is 13.4. The van der Waals surface area contributed by atoms with E-state index in [1.54, 1.807) is 4.90 Å². The van der Waals surface area contributed by atoms with Gasteiger partial charge in [0.25, 0.3) is 0 Å². The van der Waals surface area contributed by atoms with E-state index in [1.165, 1.54) is 0 Å². The van der Waals surface area contributed by atoms with E-state index >= 15 is 0 Å². The van der Waals surface area contributed by atoms with Crippen LogP contribution in [0.3, 0.4) is 0 Å². The highest BCUT2D eigenvalue weighted by molar-refractivity contribution is 5.82. The van der Waals surface area contributed by atoms with Crippen molar-refractivity contribution >= 4 is 11.8 Å². The molecule has 1 heterocycles. The summed E-state index contributed by atoms with van der Waals surface area (Å²) in [5.41, 5.74) is 6.49. The smallest absolute Gasteiger partial charge is 0.241 e. The molecule has 1 aromatic carbocycles. The molecule has 0 radical (unpaired) electrons. The van der Waals surface area contributed by atoms with Gasteiger partial charge in [-0.05, 0) is 24.5 Å². The van der Waals surface area contributed by atoms with Gasteiger partial charge in [-0.2, -0.15) is 0 Å². The van der Waals surface area contributed by atoms with Crippen molar-refractivity contribution in [2.24, 2.45) is 11.7 Å². The zero-order valence-electron chi connectivity index (χ0n) is 15.9. The summed E-state index contributed by atoms with van der Waals surface area (Å²) >= 11 is 0. The minimum atomic E-state index is -1.62. The highest BCUT2D eigenvalue weighted by Gasteiger charge is 2.31. The van der Waals surface area contributed by atoms with Crippen molar-refractivity contribution in [2.75, 3.05) is 26.2 Å². The van der Waals surface area contributed by atoms with Crippen LogP contribution < -0.4 is 16.4 Å². The minimum absolute atomic E-state index is 0.195. The molecular weight excluding hydrogens is 363 g/mol. The monoisotopic (exact) mass is 392 g/mol. The third kappa shape index (κ3) is 6.70. The molecule has 0 aromatic heterocycles. The van der Waals surface area contributed by atoms with Crippen molar-refractivity contribution in [3.05, 3.63) is 48.6 Å². The Kier molecular flexibility index (Phi) is 8.56. The van der Waals surface area contributed by atoms with Crippen LogP contribution in [0.5, 0.6) is 0 Å². The van der Waals surface area contributed by atoms with Crippen molar-refractivity contribution in [1.82, 2.24) is 15.5 Å². The number of aliphatic hydroxyl groups excluding tert-OH is 1. The number of alkyl halides is 1. The standard InChI is InChI=1S/C20H29FN4O3/c1-2-18(21)24-20(28)17-12-23-8-9-25(17)13-16(26)11-15(19(22)27)10-14-6-4-3-5-7-14/h2-7,15-18,23,26H,1,8-13H2,(H2,22,27)(H,24,28). The average Bonchev–Trinajstić information content (AvgIpc) is 2.68. The molecule has 2 rings (SSSR count). The number of nitrogens with two attached hydrogens (primary N) is 1. The highest BCUT2D eigenvalue weighted by Crippen LogP contribution is 2.16. The number of primary amides is 1. The number of carbonyl (C=O) groups excluding carboxylic acids is 2. The van der Waals surface area contributed by atoms with E-state index in [9.17, 15) is 19.1 Å². The number of hydrogen-bond acceptors (Lipinski definition) is 5. The van der Waals surface area contributed by atoms with E-state index < -0.39 is 36.2 Å². The molecule has 1 aliphatic rings. The van der Waals surface area contributed by atoms with Crippen molar-refractivity contribution in [1.29, 1.82) is 0 Å². The third-order valence-electron chi connectivity index (χ3n) is 4.87. The van der Waals surface area contributed by atoms with Crippen molar-refractivity contribution in [3.8, 4) is 0 Å². The molecule has 5 N–H and O–H groups in total. The van der Waals surface area contributed by atoms with E-state index in [2.05, 4.69) is 17.2 Å². The second-order valence-electron chi connectivity index (χ2n) is 7.04. The fraction of sp³-hybridized carbons (Fsp3) is 0.500. The van der Waals surface area contributed by atoms with E-state index in [1.807, 2.05) is 30.3 Å². The first-order valence-corrected chi connectivity index (χ1v) is 9.43. The second-order valence-corrected chi connectivity index (χ2v) is 7.04. The molecule has 1 fully saturated rings. The maximum Gasteiger partial charge on any atom is 0.241 e. The Labute approximate surface area is 164 Å². The van der Waals surface area contributed by atoms with E-state index in [0.29, 0.717) is 26.1 Å². The van der Waals surface area contributed by atoms with E-state index in [4.69, 9.17) is 5.73 Å². The lowest BCUT2D eigenvalue weighted by Gasteiger charge is -2.36. The molecule has 154 valence electrons. The lowest BCUT2D eigenvalue weighted by atomic mass is 9.92. The number of amides is 2. The summed E-state index contributed by atoms with van der Waals surface area (Å²) in [5, 5.41) is 15.9. The molecule has 1 aromatic rings. The molecule has 7 nitrogen and oxygen atoms in total. The fourth-order valence-electron chi connectivity index (χ4n) is 3.39.